The van der Waals surface area contributed by atoms with Crippen molar-refractivity contribution in [3.63, 3.8) is 0 Å². The lowest BCUT2D eigenvalue weighted by Crippen LogP contribution is -2.13. The molecule has 1 unspecified atom stereocenters. The fraction of sp³-hybridized carbons (Fsp3) is 0.353. The van der Waals surface area contributed by atoms with E-state index in [0.717, 1.165) is 49.8 Å². The fourth-order valence-corrected chi connectivity index (χ4v) is 4.53. The fourth-order valence-electron chi connectivity index (χ4n) is 4.53. The summed E-state index contributed by atoms with van der Waals surface area (Å²) in [7, 11) is 1.70. The van der Waals surface area contributed by atoms with Crippen molar-refractivity contribution in [3.8, 4) is 17.2 Å². The molecule has 0 amide bonds. The Morgan fingerprint density at radius 2 is 1.49 bits per heavy atom. The van der Waals surface area contributed by atoms with Gasteiger partial charge in [-0.15, -0.1) is 0 Å². The first-order valence-electron chi connectivity index (χ1n) is 14.6. The van der Waals surface area contributed by atoms with Gasteiger partial charge in [0.15, 0.2) is 0 Å². The lowest BCUT2D eigenvalue weighted by molar-refractivity contribution is -0.128. The van der Waals surface area contributed by atoms with E-state index in [2.05, 4.69) is 6.92 Å². The van der Waals surface area contributed by atoms with Crippen molar-refractivity contribution in [2.24, 2.45) is 0 Å². The predicted molar refractivity (Wildman–Crippen MR) is 169 cm³/mol. The van der Waals surface area contributed by atoms with E-state index in [1.807, 2.05) is 24.3 Å². The monoisotopic (exact) mass is 590 g/mol. The first-order valence-corrected chi connectivity index (χ1v) is 14.6. The van der Waals surface area contributed by atoms with Crippen molar-refractivity contribution in [2.45, 2.75) is 58.0 Å². The van der Waals surface area contributed by atoms with E-state index >= 15 is 0 Å². The number of rotatable bonds is 18. The summed E-state index contributed by atoms with van der Waals surface area (Å²) in [5, 5.41) is 9.41. The van der Waals surface area contributed by atoms with Gasteiger partial charge in [-0.3, -0.25) is 0 Å². The summed E-state index contributed by atoms with van der Waals surface area (Å²) in [5.74, 6) is 0.400. The van der Waals surface area contributed by atoms with Crippen molar-refractivity contribution < 1.29 is 33.6 Å². The topological polar surface area (TPSA) is 143 Å². The van der Waals surface area contributed by atoms with E-state index in [0.29, 0.717) is 48.1 Å². The third kappa shape index (κ3) is 11.4. The Bertz CT molecular complexity index is 1330. The molecule has 0 saturated carbocycles. The SMILES string of the molecule is CCC(CCOc1ccc(OC(=O)/C=C/c2ccc(OCCCCCCc3c(N)cc(N)cc3C(=O)O)cc2)cc1)OC. The highest BCUT2D eigenvalue weighted by molar-refractivity contribution is 5.92. The third-order valence-electron chi connectivity index (χ3n) is 6.96. The first kappa shape index (κ1) is 33.0. The molecule has 0 aliphatic carbocycles. The molecule has 9 heteroatoms. The van der Waals surface area contributed by atoms with Gasteiger partial charge in [0.25, 0.3) is 0 Å². The zero-order valence-corrected chi connectivity index (χ0v) is 24.9. The number of benzene rings is 3. The number of nitrogens with two attached hydrogens (primary N) is 2. The van der Waals surface area contributed by atoms with Crippen LogP contribution >= 0.6 is 0 Å². The molecular weight excluding hydrogens is 548 g/mol. The van der Waals surface area contributed by atoms with E-state index in [4.69, 9.17) is 30.4 Å². The summed E-state index contributed by atoms with van der Waals surface area (Å²) < 4.78 is 22.3. The Labute approximate surface area is 253 Å². The zero-order valence-electron chi connectivity index (χ0n) is 24.9. The molecular formula is C34H42N2O7. The molecule has 0 aliphatic rings. The number of carboxylic acids is 1. The predicted octanol–water partition coefficient (Wildman–Crippen LogP) is 6.54. The van der Waals surface area contributed by atoms with E-state index in [1.165, 1.54) is 12.1 Å². The van der Waals surface area contributed by atoms with E-state index in [-0.39, 0.29) is 11.7 Å². The summed E-state index contributed by atoms with van der Waals surface area (Å²) in [6.07, 6.45) is 9.17. The number of methoxy groups -OCH3 is 1. The van der Waals surface area contributed by atoms with Crippen molar-refractivity contribution in [1.29, 1.82) is 0 Å². The van der Waals surface area contributed by atoms with Crippen LogP contribution in [0.1, 0.15) is 66.9 Å². The van der Waals surface area contributed by atoms with Crippen molar-refractivity contribution in [1.82, 2.24) is 0 Å². The highest BCUT2D eigenvalue weighted by atomic mass is 16.5. The van der Waals surface area contributed by atoms with Crippen molar-refractivity contribution >= 4 is 29.4 Å². The van der Waals surface area contributed by atoms with Crippen molar-refractivity contribution in [2.75, 3.05) is 31.8 Å². The van der Waals surface area contributed by atoms with Gasteiger partial charge in [-0.25, -0.2) is 9.59 Å². The third-order valence-corrected chi connectivity index (χ3v) is 6.96. The molecule has 0 aromatic heterocycles. The number of unbranched alkanes of at least 4 members (excludes halogenated alkanes) is 3. The van der Waals surface area contributed by atoms with Gasteiger partial charge in [0, 0.05) is 31.0 Å². The van der Waals surface area contributed by atoms with E-state index in [1.54, 1.807) is 43.5 Å². The maximum atomic E-state index is 12.2. The Hall–Kier alpha value is -4.50. The smallest absolute Gasteiger partial charge is 0.336 e. The molecule has 3 aromatic rings. The average Bonchev–Trinajstić information content (AvgIpc) is 2.99. The zero-order chi connectivity index (χ0) is 31.0. The van der Waals surface area contributed by atoms with Gasteiger partial charge in [0.1, 0.15) is 17.2 Å². The summed E-state index contributed by atoms with van der Waals surface area (Å²) in [4.78, 5) is 23.7. The number of carbonyl (C=O) groups excluding carboxylic acids is 1. The lowest BCUT2D eigenvalue weighted by Gasteiger charge is -2.13. The Morgan fingerprint density at radius 3 is 2.14 bits per heavy atom. The maximum Gasteiger partial charge on any atom is 0.336 e. The maximum absolute atomic E-state index is 12.2. The molecule has 1 atom stereocenters. The van der Waals surface area contributed by atoms with Crippen LogP contribution in [-0.2, 0) is 16.0 Å². The summed E-state index contributed by atoms with van der Waals surface area (Å²) in [6, 6.07) is 17.5. The minimum Gasteiger partial charge on any atom is -0.494 e. The van der Waals surface area contributed by atoms with E-state index in [9.17, 15) is 14.7 Å². The number of hydrogen-bond donors (Lipinski definition) is 3. The summed E-state index contributed by atoms with van der Waals surface area (Å²) >= 11 is 0. The normalized spacial score (nSPS) is 11.8. The first-order chi connectivity index (χ1) is 20.8. The van der Waals surface area contributed by atoms with Crippen molar-refractivity contribution in [3.05, 3.63) is 83.4 Å². The van der Waals surface area contributed by atoms with Gasteiger partial charge < -0.3 is 35.5 Å². The second-order valence-electron chi connectivity index (χ2n) is 10.2. The minimum atomic E-state index is -1.02. The Balaban J connectivity index is 1.32. The van der Waals surface area contributed by atoms with Gasteiger partial charge in [-0.1, -0.05) is 31.9 Å². The Morgan fingerprint density at radius 1 is 0.860 bits per heavy atom. The molecule has 0 bridgehead atoms. The number of nitrogen functional groups attached to an aromatic ring is 2. The standard InChI is InChI=1S/C34H42N2O7/c1-3-26(40-2)19-21-42-28-14-16-29(17-15-28)43-33(37)18-11-24-9-12-27(13-10-24)41-20-7-5-4-6-8-30-31(34(38)39)22-25(35)23-32(30)36/h9-18,22-23,26H,3-8,19-21,35-36H2,1-2H3,(H,38,39)/b18-11+. The molecule has 3 aromatic carbocycles. The summed E-state index contributed by atoms with van der Waals surface area (Å²) in [5.41, 5.74) is 14.2. The van der Waals surface area contributed by atoms with Crippen LogP contribution < -0.4 is 25.7 Å². The van der Waals surface area contributed by atoms with Gasteiger partial charge in [0.2, 0.25) is 0 Å². The average molecular weight is 591 g/mol. The van der Waals surface area contributed by atoms with Crippen LogP contribution in [0.5, 0.6) is 17.2 Å². The molecule has 3 rings (SSSR count). The quantitative estimate of drug-likeness (QED) is 0.0494. The molecule has 0 heterocycles. The molecule has 0 radical (unpaired) electrons. The van der Waals surface area contributed by atoms with Gasteiger partial charge >= 0.3 is 11.9 Å². The number of hydrogen-bond acceptors (Lipinski definition) is 8. The Kier molecular flexibility index (Phi) is 13.4. The lowest BCUT2D eigenvalue weighted by atomic mass is 9.98. The van der Waals surface area contributed by atoms with E-state index < -0.39 is 11.9 Å². The van der Waals surface area contributed by atoms with Crippen LogP contribution in [-0.4, -0.2) is 43.5 Å². The van der Waals surface area contributed by atoms with Gasteiger partial charge in [-0.05, 0) is 91.4 Å². The number of anilines is 2. The molecule has 9 nitrogen and oxygen atoms in total. The number of aromatic carboxylic acids is 1. The molecule has 0 aliphatic heterocycles. The number of carbonyl (C=O) groups is 2. The molecule has 0 fully saturated rings. The van der Waals surface area contributed by atoms with Gasteiger partial charge in [-0.2, -0.15) is 0 Å². The molecule has 43 heavy (non-hydrogen) atoms. The largest absolute Gasteiger partial charge is 0.494 e. The van der Waals surface area contributed by atoms with Crippen LogP contribution in [0.2, 0.25) is 0 Å². The molecule has 230 valence electrons. The second-order valence-corrected chi connectivity index (χ2v) is 10.2. The number of ether oxygens (including phenoxy) is 4. The highest BCUT2D eigenvalue weighted by Crippen LogP contribution is 2.24. The molecule has 0 spiro atoms. The summed E-state index contributed by atoms with van der Waals surface area (Å²) in [6.45, 7) is 3.20. The highest BCUT2D eigenvalue weighted by Gasteiger charge is 2.14. The second kappa shape index (κ2) is 17.5. The van der Waals surface area contributed by atoms with Crippen LogP contribution in [0.3, 0.4) is 0 Å². The number of carboxylic acid groups (broad SMARTS) is 1. The molecule has 0 saturated heterocycles. The molecule has 5 N–H and O–H groups in total. The number of esters is 1. The van der Waals surface area contributed by atoms with Gasteiger partial charge in [0.05, 0.1) is 24.9 Å². The van der Waals surface area contributed by atoms with Crippen LogP contribution in [0.15, 0.2) is 66.7 Å². The van der Waals surface area contributed by atoms with Crippen LogP contribution in [0, 0.1) is 0 Å². The van der Waals surface area contributed by atoms with Crippen LogP contribution in [0.25, 0.3) is 6.08 Å². The minimum absolute atomic E-state index is 0.173. The van der Waals surface area contributed by atoms with Crippen LogP contribution in [0.4, 0.5) is 11.4 Å².